The Labute approximate surface area is 242 Å². The first-order valence-corrected chi connectivity index (χ1v) is 13.0. The minimum atomic E-state index is -5.12. The van der Waals surface area contributed by atoms with Crippen LogP contribution in [-0.2, 0) is 29.9 Å². The van der Waals surface area contributed by atoms with E-state index in [1.165, 1.54) is 20.1 Å². The topological polar surface area (TPSA) is 50.4 Å². The molecule has 0 aliphatic heterocycles. The number of ether oxygens (including phenoxy) is 1. The van der Waals surface area contributed by atoms with Crippen LogP contribution in [0.1, 0.15) is 66.1 Å². The van der Waals surface area contributed by atoms with Gasteiger partial charge in [0.1, 0.15) is 5.75 Å². The predicted octanol–water partition coefficient (Wildman–Crippen LogP) is 8.51. The fourth-order valence-corrected chi connectivity index (χ4v) is 4.62. The van der Waals surface area contributed by atoms with Crippen molar-refractivity contribution in [3.8, 4) is 16.9 Å². The summed E-state index contributed by atoms with van der Waals surface area (Å²) in [6.07, 6.45) is -14.8. The van der Waals surface area contributed by atoms with E-state index in [0.29, 0.717) is 29.0 Å². The molecule has 2 atom stereocenters. The molecule has 3 aromatic carbocycles. The van der Waals surface area contributed by atoms with Gasteiger partial charge in [-0.1, -0.05) is 26.0 Å². The highest BCUT2D eigenvalue weighted by Crippen LogP contribution is 2.40. The zero-order valence-corrected chi connectivity index (χ0v) is 23.4. The summed E-state index contributed by atoms with van der Waals surface area (Å²) in [7, 11) is 1.40. The number of carbonyl (C=O) groups is 1. The summed E-state index contributed by atoms with van der Waals surface area (Å²) in [5.74, 6) is 0.451. The van der Waals surface area contributed by atoms with Crippen molar-refractivity contribution in [1.82, 2.24) is 10.6 Å². The third kappa shape index (κ3) is 8.21. The largest absolute Gasteiger partial charge is 0.496 e. The van der Waals surface area contributed by atoms with Crippen LogP contribution in [0.4, 0.5) is 39.5 Å². The third-order valence-electron chi connectivity index (χ3n) is 6.94. The van der Waals surface area contributed by atoms with Gasteiger partial charge in [-0.25, -0.2) is 0 Å². The van der Waals surface area contributed by atoms with E-state index in [4.69, 9.17) is 4.74 Å². The lowest BCUT2D eigenvalue weighted by Crippen LogP contribution is -2.39. The van der Waals surface area contributed by atoms with Gasteiger partial charge in [0.2, 0.25) is 6.41 Å². The summed E-state index contributed by atoms with van der Waals surface area (Å²) in [5.41, 5.74) is -2.74. The van der Waals surface area contributed by atoms with Crippen LogP contribution in [-0.4, -0.2) is 19.6 Å². The fourth-order valence-electron chi connectivity index (χ4n) is 4.62. The van der Waals surface area contributed by atoms with Crippen molar-refractivity contribution in [1.29, 1.82) is 0 Å². The lowest BCUT2D eigenvalue weighted by molar-refractivity contribution is -0.143. The van der Waals surface area contributed by atoms with Gasteiger partial charge < -0.3 is 15.4 Å². The van der Waals surface area contributed by atoms with E-state index in [0.717, 1.165) is 17.7 Å². The first-order valence-electron chi connectivity index (χ1n) is 13.0. The van der Waals surface area contributed by atoms with Crippen molar-refractivity contribution in [2.45, 2.75) is 63.8 Å². The summed E-state index contributed by atoms with van der Waals surface area (Å²) < 4.78 is 127. The zero-order valence-electron chi connectivity index (χ0n) is 23.4. The first kappa shape index (κ1) is 33.8. The molecule has 0 aliphatic rings. The van der Waals surface area contributed by atoms with Gasteiger partial charge in [0, 0.05) is 18.2 Å². The molecule has 0 aliphatic carbocycles. The molecule has 43 heavy (non-hydrogen) atoms. The molecule has 4 nitrogen and oxygen atoms in total. The van der Waals surface area contributed by atoms with Gasteiger partial charge in [-0.3, -0.25) is 4.79 Å². The number of rotatable bonds is 10. The second-order valence-corrected chi connectivity index (χ2v) is 10.3. The molecule has 234 valence electrons. The minimum absolute atomic E-state index is 0.0346. The molecule has 3 rings (SSSR count). The molecule has 0 bridgehead atoms. The smallest absolute Gasteiger partial charge is 0.416 e. The monoisotopic (exact) mass is 620 g/mol. The Bertz CT molecular complexity index is 1400. The SMILES string of the molecule is COc1ccc(C(C)C)cc1-c1ccc(C(F)(F)F)cc1CN[C@@H](C)[C@H](NC=O)c1cc(C(F)(F)F)cc(C(F)(F)F)c1. The maximum atomic E-state index is 13.7. The Morgan fingerprint density at radius 3 is 1.79 bits per heavy atom. The van der Waals surface area contributed by atoms with E-state index >= 15 is 0 Å². The van der Waals surface area contributed by atoms with Gasteiger partial charge in [0.05, 0.1) is 29.8 Å². The number of halogens is 9. The maximum Gasteiger partial charge on any atom is 0.416 e. The summed E-state index contributed by atoms with van der Waals surface area (Å²) in [4.78, 5) is 11.4. The molecule has 0 heterocycles. The van der Waals surface area contributed by atoms with Gasteiger partial charge in [0.15, 0.2) is 0 Å². The summed E-state index contributed by atoms with van der Waals surface area (Å²) in [6.45, 7) is 4.95. The summed E-state index contributed by atoms with van der Waals surface area (Å²) >= 11 is 0. The average molecular weight is 621 g/mol. The van der Waals surface area contributed by atoms with Crippen LogP contribution in [0.5, 0.6) is 5.75 Å². The Morgan fingerprint density at radius 2 is 1.30 bits per heavy atom. The van der Waals surface area contributed by atoms with Crippen LogP contribution in [0.25, 0.3) is 11.1 Å². The summed E-state index contributed by atoms with van der Waals surface area (Å²) in [6, 6.07) is 6.86. The standard InChI is InChI=1S/C30H29F9N2O2/c1-16(2)18-5-8-26(43-4)25(12-18)24-7-6-21(28(31,32)33)11-20(24)14-40-17(3)27(41-15-42)19-9-22(29(34,35)36)13-23(10-19)30(37,38)39/h5-13,15-17,27,40H,14H2,1-4H3,(H,41,42)/t17-,27-/m0/s1. The molecule has 0 fully saturated rings. The maximum absolute atomic E-state index is 13.7. The van der Waals surface area contributed by atoms with Crippen molar-refractivity contribution < 1.29 is 49.0 Å². The number of nitrogens with one attached hydrogen (secondary N) is 2. The second kappa shape index (κ2) is 12.9. The first-order chi connectivity index (χ1) is 19.9. The van der Waals surface area contributed by atoms with Crippen LogP contribution in [0.3, 0.4) is 0 Å². The molecule has 0 radical (unpaired) electrons. The van der Waals surface area contributed by atoms with Crippen molar-refractivity contribution >= 4 is 6.41 Å². The molecular weight excluding hydrogens is 591 g/mol. The van der Waals surface area contributed by atoms with Gasteiger partial charge in [-0.2, -0.15) is 39.5 Å². The van der Waals surface area contributed by atoms with Gasteiger partial charge in [0.25, 0.3) is 0 Å². The molecule has 0 spiro atoms. The predicted molar refractivity (Wildman–Crippen MR) is 142 cm³/mol. The van der Waals surface area contributed by atoms with E-state index in [9.17, 15) is 44.3 Å². The number of alkyl halides is 9. The van der Waals surface area contributed by atoms with E-state index in [2.05, 4.69) is 10.6 Å². The van der Waals surface area contributed by atoms with E-state index in [1.54, 1.807) is 12.1 Å². The van der Waals surface area contributed by atoms with Crippen LogP contribution in [0.2, 0.25) is 0 Å². The minimum Gasteiger partial charge on any atom is -0.496 e. The van der Waals surface area contributed by atoms with Crippen LogP contribution >= 0.6 is 0 Å². The van der Waals surface area contributed by atoms with Gasteiger partial charge >= 0.3 is 18.5 Å². The van der Waals surface area contributed by atoms with Crippen LogP contribution in [0.15, 0.2) is 54.6 Å². The number of carbonyl (C=O) groups excluding carboxylic acids is 1. The number of methoxy groups -OCH3 is 1. The van der Waals surface area contributed by atoms with Crippen molar-refractivity contribution in [3.05, 3.63) is 88.0 Å². The second-order valence-electron chi connectivity index (χ2n) is 10.3. The molecule has 2 N–H and O–H groups in total. The molecule has 1 amide bonds. The Hall–Kier alpha value is -3.74. The Balaban J connectivity index is 2.08. The highest BCUT2D eigenvalue weighted by molar-refractivity contribution is 5.75. The molecule has 0 aromatic heterocycles. The number of amides is 1. The lowest BCUT2D eigenvalue weighted by atomic mass is 9.92. The molecule has 0 saturated heterocycles. The zero-order chi connectivity index (χ0) is 32.3. The molecular formula is C30H29F9N2O2. The van der Waals surface area contributed by atoms with Crippen molar-refractivity contribution in [2.75, 3.05) is 7.11 Å². The number of hydrogen-bond acceptors (Lipinski definition) is 3. The lowest BCUT2D eigenvalue weighted by Gasteiger charge is -2.27. The highest BCUT2D eigenvalue weighted by Gasteiger charge is 2.38. The van der Waals surface area contributed by atoms with Crippen LogP contribution < -0.4 is 15.4 Å². The van der Waals surface area contributed by atoms with E-state index < -0.39 is 52.9 Å². The van der Waals surface area contributed by atoms with Gasteiger partial charge in [-0.05, 0) is 77.6 Å². The highest BCUT2D eigenvalue weighted by atomic mass is 19.4. The Morgan fingerprint density at radius 1 is 0.721 bits per heavy atom. The third-order valence-corrected chi connectivity index (χ3v) is 6.94. The normalized spacial score (nSPS) is 14.0. The Kier molecular flexibility index (Phi) is 10.1. The van der Waals surface area contributed by atoms with E-state index in [1.807, 2.05) is 19.9 Å². The van der Waals surface area contributed by atoms with Gasteiger partial charge in [-0.15, -0.1) is 0 Å². The van der Waals surface area contributed by atoms with Crippen molar-refractivity contribution in [3.63, 3.8) is 0 Å². The summed E-state index contributed by atoms with van der Waals surface area (Å²) in [5, 5.41) is 5.10. The quantitative estimate of drug-likeness (QED) is 0.177. The fraction of sp³-hybridized carbons (Fsp3) is 0.367. The van der Waals surface area contributed by atoms with Crippen molar-refractivity contribution in [2.24, 2.45) is 0 Å². The molecule has 0 unspecified atom stereocenters. The average Bonchev–Trinajstić information content (AvgIpc) is 2.92. The number of benzene rings is 3. The molecule has 0 saturated carbocycles. The molecule has 3 aromatic rings. The molecule has 13 heteroatoms. The van der Waals surface area contributed by atoms with E-state index in [-0.39, 0.29) is 30.5 Å². The number of hydrogen-bond donors (Lipinski definition) is 2. The van der Waals surface area contributed by atoms with Crippen LogP contribution in [0, 0.1) is 0 Å².